The molecule has 6 rings (SSSR count). The molecule has 2 aromatic carbocycles. The molecule has 0 saturated carbocycles. The molecule has 6 aromatic rings. The number of aromatic nitrogens is 6. The maximum atomic E-state index is 13.7. The molecule has 0 aliphatic carbocycles. The van der Waals surface area contributed by atoms with Crippen molar-refractivity contribution in [2.75, 3.05) is 11.4 Å². The second-order valence-electron chi connectivity index (χ2n) is 8.74. The smallest absolute Gasteiger partial charge is 0.324 e. The standard InChI is InChI=1S/C27H19ClN8O3S/c1-34-16-19(15-31-34)18-13-21-22(17-36(25(21)30-14-18)40(37,38)20-7-3-2-4-8-20)26-32-33-27(39-26)35(12-11-29)24-10-6-5-9-23(24)28/h2-10,13-17H,12H2,1H3. The Hall–Kier alpha value is -4.99. The van der Waals surface area contributed by atoms with Gasteiger partial charge in [-0.3, -0.25) is 9.58 Å². The fourth-order valence-electron chi connectivity index (χ4n) is 4.30. The molecule has 0 aliphatic heterocycles. The fourth-order valence-corrected chi connectivity index (χ4v) is 5.88. The highest BCUT2D eigenvalue weighted by Crippen LogP contribution is 2.37. The Morgan fingerprint density at radius 3 is 2.52 bits per heavy atom. The molecule has 11 nitrogen and oxygen atoms in total. The van der Waals surface area contributed by atoms with Crippen LogP contribution in [0.25, 0.3) is 33.6 Å². The van der Waals surface area contributed by atoms with E-state index in [9.17, 15) is 13.7 Å². The van der Waals surface area contributed by atoms with E-state index >= 15 is 0 Å². The van der Waals surface area contributed by atoms with Crippen LogP contribution in [0.5, 0.6) is 0 Å². The maximum Gasteiger partial charge on any atom is 0.324 e. The average Bonchev–Trinajstić information content (AvgIpc) is 3.71. The van der Waals surface area contributed by atoms with E-state index in [-0.39, 0.29) is 29.0 Å². The minimum atomic E-state index is -4.02. The van der Waals surface area contributed by atoms with Crippen LogP contribution in [-0.4, -0.2) is 43.9 Å². The summed E-state index contributed by atoms with van der Waals surface area (Å²) in [7, 11) is -2.21. The van der Waals surface area contributed by atoms with E-state index in [1.54, 1.807) is 72.7 Å². The largest absolute Gasteiger partial charge is 0.403 e. The van der Waals surface area contributed by atoms with Crippen molar-refractivity contribution in [1.29, 1.82) is 5.26 Å². The number of aryl methyl sites for hydroxylation is 1. The molecule has 13 heteroatoms. The van der Waals surface area contributed by atoms with Crippen molar-refractivity contribution < 1.29 is 12.8 Å². The second kappa shape index (κ2) is 9.96. The summed E-state index contributed by atoms with van der Waals surface area (Å²) < 4.78 is 36.1. The number of halogens is 1. The molecule has 198 valence electrons. The van der Waals surface area contributed by atoms with Crippen LogP contribution in [0.4, 0.5) is 11.7 Å². The number of rotatable bonds is 7. The molecule has 0 fully saturated rings. The van der Waals surface area contributed by atoms with Crippen LogP contribution >= 0.6 is 11.6 Å². The van der Waals surface area contributed by atoms with E-state index in [0.29, 0.717) is 21.7 Å². The van der Waals surface area contributed by atoms with Gasteiger partial charge < -0.3 is 4.42 Å². The van der Waals surface area contributed by atoms with Crippen LogP contribution < -0.4 is 4.90 Å². The summed E-state index contributed by atoms with van der Waals surface area (Å²) in [6, 6.07) is 18.9. The van der Waals surface area contributed by atoms with Crippen molar-refractivity contribution >= 4 is 44.4 Å². The van der Waals surface area contributed by atoms with Gasteiger partial charge in [-0.25, -0.2) is 17.4 Å². The van der Waals surface area contributed by atoms with Gasteiger partial charge in [-0.2, -0.15) is 10.4 Å². The minimum Gasteiger partial charge on any atom is -0.403 e. The minimum absolute atomic E-state index is 0.0211. The normalized spacial score (nSPS) is 11.5. The summed E-state index contributed by atoms with van der Waals surface area (Å²) in [6.07, 6.45) is 6.52. The van der Waals surface area contributed by atoms with Gasteiger partial charge in [-0.05, 0) is 30.3 Å². The first-order valence-electron chi connectivity index (χ1n) is 11.9. The van der Waals surface area contributed by atoms with E-state index in [0.717, 1.165) is 15.1 Å². The van der Waals surface area contributed by atoms with E-state index in [4.69, 9.17) is 16.0 Å². The molecule has 40 heavy (non-hydrogen) atoms. The molecule has 0 N–H and O–H groups in total. The van der Waals surface area contributed by atoms with Crippen LogP contribution in [-0.2, 0) is 17.1 Å². The van der Waals surface area contributed by atoms with Gasteiger partial charge in [0, 0.05) is 42.2 Å². The molecule has 4 aromatic heterocycles. The topological polar surface area (TPSA) is 136 Å². The lowest BCUT2D eigenvalue weighted by molar-refractivity contribution is 0.568. The summed E-state index contributed by atoms with van der Waals surface area (Å²) >= 11 is 6.37. The molecule has 0 unspecified atom stereocenters. The number of benzene rings is 2. The Bertz CT molecular complexity index is 2010. The van der Waals surface area contributed by atoms with Gasteiger partial charge in [0.25, 0.3) is 15.9 Å². The van der Waals surface area contributed by atoms with Gasteiger partial charge in [0.1, 0.15) is 6.54 Å². The molecule has 0 atom stereocenters. The first-order valence-corrected chi connectivity index (χ1v) is 13.7. The number of nitrogens with zero attached hydrogens (tertiary/aromatic N) is 8. The van der Waals surface area contributed by atoms with Crippen molar-refractivity contribution in [2.45, 2.75) is 4.90 Å². The molecule has 0 saturated heterocycles. The third-order valence-corrected chi connectivity index (χ3v) is 8.18. The van der Waals surface area contributed by atoms with E-state index in [2.05, 4.69) is 26.3 Å². The first kappa shape index (κ1) is 25.3. The fraction of sp³-hybridized carbons (Fsp3) is 0.0741. The third kappa shape index (κ3) is 4.37. The van der Waals surface area contributed by atoms with Crippen LogP contribution in [0.3, 0.4) is 0 Å². The van der Waals surface area contributed by atoms with E-state index < -0.39 is 10.0 Å². The van der Waals surface area contributed by atoms with Gasteiger partial charge in [0.05, 0.1) is 33.4 Å². The maximum absolute atomic E-state index is 13.7. The van der Waals surface area contributed by atoms with Crippen molar-refractivity contribution in [3.8, 4) is 28.7 Å². The Balaban J connectivity index is 1.54. The lowest BCUT2D eigenvalue weighted by atomic mass is 10.1. The monoisotopic (exact) mass is 570 g/mol. The Labute approximate surface area is 233 Å². The zero-order chi connectivity index (χ0) is 27.9. The van der Waals surface area contributed by atoms with E-state index in [1.807, 2.05) is 6.20 Å². The van der Waals surface area contributed by atoms with Gasteiger partial charge >= 0.3 is 6.01 Å². The third-order valence-electron chi connectivity index (χ3n) is 6.20. The molecule has 0 aliphatic rings. The summed E-state index contributed by atoms with van der Waals surface area (Å²) in [5.74, 6) is 0.0436. The number of pyridine rings is 1. The average molecular weight is 571 g/mol. The van der Waals surface area contributed by atoms with Gasteiger partial charge in [0.2, 0.25) is 0 Å². The first-order chi connectivity index (χ1) is 19.4. The highest BCUT2D eigenvalue weighted by Gasteiger charge is 2.27. The molecule has 0 spiro atoms. The van der Waals surface area contributed by atoms with E-state index in [1.165, 1.54) is 23.2 Å². The van der Waals surface area contributed by atoms with Crippen molar-refractivity contribution in [3.05, 3.63) is 90.5 Å². The number of para-hydroxylation sites is 1. The van der Waals surface area contributed by atoms with Crippen LogP contribution in [0.15, 0.2) is 94.8 Å². The van der Waals surface area contributed by atoms with Gasteiger partial charge in [-0.1, -0.05) is 47.0 Å². The number of fused-ring (bicyclic) bond motifs is 1. The number of nitriles is 1. The van der Waals surface area contributed by atoms with Crippen LogP contribution in [0.1, 0.15) is 0 Å². The molecule has 0 bridgehead atoms. The second-order valence-corrected chi connectivity index (χ2v) is 11.0. The lowest BCUT2D eigenvalue weighted by Gasteiger charge is -2.17. The zero-order valence-corrected chi connectivity index (χ0v) is 22.5. The van der Waals surface area contributed by atoms with Crippen LogP contribution in [0.2, 0.25) is 5.02 Å². The molecule has 4 heterocycles. The SMILES string of the molecule is Cn1cc(-c2cnc3c(c2)c(-c2nnc(N(CC#N)c4ccccc4Cl)o2)cn3S(=O)(=O)c2ccccc2)cn1. The van der Waals surface area contributed by atoms with Crippen LogP contribution in [0, 0.1) is 11.3 Å². The van der Waals surface area contributed by atoms with Crippen molar-refractivity contribution in [2.24, 2.45) is 7.05 Å². The van der Waals surface area contributed by atoms with Gasteiger partial charge in [-0.15, -0.1) is 5.10 Å². The Morgan fingerprint density at radius 2 is 1.80 bits per heavy atom. The molecular weight excluding hydrogens is 552 g/mol. The summed E-state index contributed by atoms with van der Waals surface area (Å²) in [6.45, 7) is -0.109. The molecule has 0 amide bonds. The van der Waals surface area contributed by atoms with Crippen molar-refractivity contribution in [1.82, 2.24) is 28.9 Å². The predicted molar refractivity (Wildman–Crippen MR) is 148 cm³/mol. The quantitative estimate of drug-likeness (QED) is 0.242. The number of hydrogen-bond donors (Lipinski definition) is 0. The highest BCUT2D eigenvalue weighted by molar-refractivity contribution is 7.90. The molecular formula is C27H19ClN8O3S. The Morgan fingerprint density at radius 1 is 1.02 bits per heavy atom. The summed E-state index contributed by atoms with van der Waals surface area (Å²) in [5, 5.41) is 22.9. The Kier molecular flexibility index (Phi) is 6.30. The number of anilines is 2. The summed E-state index contributed by atoms with van der Waals surface area (Å²) in [4.78, 5) is 6.10. The molecule has 0 radical (unpaired) electrons. The number of hydrogen-bond acceptors (Lipinski definition) is 9. The predicted octanol–water partition coefficient (Wildman–Crippen LogP) is 5.04. The highest BCUT2D eigenvalue weighted by atomic mass is 35.5. The lowest BCUT2D eigenvalue weighted by Crippen LogP contribution is -2.17. The zero-order valence-electron chi connectivity index (χ0n) is 20.9. The van der Waals surface area contributed by atoms with Gasteiger partial charge in [0.15, 0.2) is 5.65 Å². The summed E-state index contributed by atoms with van der Waals surface area (Å²) in [5.41, 5.74) is 2.56. The van der Waals surface area contributed by atoms with Crippen molar-refractivity contribution in [3.63, 3.8) is 0 Å².